The monoisotopic (exact) mass is 288 g/mol. The van der Waals surface area contributed by atoms with Crippen molar-refractivity contribution in [3.63, 3.8) is 0 Å². The molecule has 0 bridgehead atoms. The quantitative estimate of drug-likeness (QED) is 0.890. The van der Waals surface area contributed by atoms with Crippen molar-refractivity contribution in [1.29, 1.82) is 0 Å². The van der Waals surface area contributed by atoms with Gasteiger partial charge < -0.3 is 10.4 Å². The highest BCUT2D eigenvalue weighted by Gasteiger charge is 2.38. The van der Waals surface area contributed by atoms with E-state index < -0.39 is 23.2 Å². The molecule has 1 aliphatic rings. The molecule has 2 rings (SSSR count). The third-order valence-electron chi connectivity index (χ3n) is 3.74. The Morgan fingerprint density at radius 1 is 1.45 bits per heavy atom. The molecule has 0 saturated heterocycles. The van der Waals surface area contributed by atoms with E-state index >= 15 is 0 Å². The molecule has 7 heteroatoms. The second-order valence-electron chi connectivity index (χ2n) is 5.11. The molecule has 1 fully saturated rings. The molecule has 1 aromatic heterocycles. The number of aromatic nitrogens is 1. The molecule has 0 spiro atoms. The highest BCUT2D eigenvalue weighted by atomic mass is 19.4. The third-order valence-corrected chi connectivity index (χ3v) is 3.74. The van der Waals surface area contributed by atoms with E-state index in [0.29, 0.717) is 6.20 Å². The van der Waals surface area contributed by atoms with Crippen molar-refractivity contribution in [2.45, 2.75) is 25.4 Å². The first kappa shape index (κ1) is 14.8. The van der Waals surface area contributed by atoms with Gasteiger partial charge in [0.1, 0.15) is 0 Å². The summed E-state index contributed by atoms with van der Waals surface area (Å²) in [5, 5.41) is 11.7. The van der Waals surface area contributed by atoms with Crippen molar-refractivity contribution in [3.8, 4) is 0 Å². The Morgan fingerprint density at radius 2 is 2.15 bits per heavy atom. The largest absolute Gasteiger partial charge is 0.418 e. The van der Waals surface area contributed by atoms with E-state index in [1.807, 2.05) is 0 Å². The van der Waals surface area contributed by atoms with Gasteiger partial charge >= 0.3 is 6.18 Å². The van der Waals surface area contributed by atoms with Crippen molar-refractivity contribution in [3.05, 3.63) is 29.6 Å². The minimum Gasteiger partial charge on any atom is -0.396 e. The number of carbonyl (C=O) groups excluding carboxylic acids is 1. The molecule has 2 N–H and O–H groups in total. The van der Waals surface area contributed by atoms with Gasteiger partial charge in [-0.1, -0.05) is 6.42 Å². The summed E-state index contributed by atoms with van der Waals surface area (Å²) in [6.07, 6.45) is -0.334. The summed E-state index contributed by atoms with van der Waals surface area (Å²) in [5.74, 6) is -0.792. The summed E-state index contributed by atoms with van der Waals surface area (Å²) in [7, 11) is 0. The first-order valence-electron chi connectivity index (χ1n) is 6.28. The standard InChI is InChI=1S/C13H15F3N2O2/c14-13(15,16)10-6-17-5-2-9(10)11(20)18-7-12(8-19)3-1-4-12/h2,5-6,19H,1,3-4,7-8H2,(H,18,20). The lowest BCUT2D eigenvalue weighted by Crippen LogP contribution is -2.44. The van der Waals surface area contributed by atoms with Gasteiger partial charge in [0.25, 0.3) is 5.91 Å². The van der Waals surface area contributed by atoms with Crippen LogP contribution in [0.2, 0.25) is 0 Å². The molecule has 0 radical (unpaired) electrons. The van der Waals surface area contributed by atoms with E-state index in [1.165, 1.54) is 0 Å². The first-order chi connectivity index (χ1) is 9.38. The van der Waals surface area contributed by atoms with Crippen molar-refractivity contribution in [1.82, 2.24) is 10.3 Å². The number of hydrogen-bond donors (Lipinski definition) is 2. The van der Waals surface area contributed by atoms with Crippen LogP contribution in [-0.4, -0.2) is 29.1 Å². The molecule has 1 aliphatic carbocycles. The zero-order valence-corrected chi connectivity index (χ0v) is 10.7. The van der Waals surface area contributed by atoms with E-state index in [1.54, 1.807) is 0 Å². The molecule has 0 unspecified atom stereocenters. The Hall–Kier alpha value is -1.63. The molecular formula is C13H15F3N2O2. The van der Waals surface area contributed by atoms with Gasteiger partial charge in [-0.2, -0.15) is 13.2 Å². The van der Waals surface area contributed by atoms with Crippen LogP contribution in [0.1, 0.15) is 35.2 Å². The average molecular weight is 288 g/mol. The number of amides is 1. The molecule has 0 atom stereocenters. The maximum Gasteiger partial charge on any atom is 0.418 e. The predicted molar refractivity (Wildman–Crippen MR) is 64.9 cm³/mol. The molecule has 4 nitrogen and oxygen atoms in total. The number of hydrogen-bond acceptors (Lipinski definition) is 3. The average Bonchev–Trinajstić information content (AvgIpc) is 2.37. The molecule has 1 heterocycles. The second kappa shape index (κ2) is 5.40. The van der Waals surface area contributed by atoms with E-state index in [2.05, 4.69) is 10.3 Å². The van der Waals surface area contributed by atoms with E-state index in [4.69, 9.17) is 0 Å². The number of carbonyl (C=O) groups is 1. The second-order valence-corrected chi connectivity index (χ2v) is 5.11. The van der Waals surface area contributed by atoms with Crippen LogP contribution in [0, 0.1) is 5.41 Å². The number of aliphatic hydroxyl groups excluding tert-OH is 1. The van der Waals surface area contributed by atoms with Gasteiger partial charge in [-0.15, -0.1) is 0 Å². The van der Waals surface area contributed by atoms with Crippen LogP contribution >= 0.6 is 0 Å². The molecule has 1 aromatic rings. The first-order valence-corrected chi connectivity index (χ1v) is 6.28. The summed E-state index contributed by atoms with van der Waals surface area (Å²) in [6, 6.07) is 1.05. The zero-order chi connectivity index (χ0) is 14.8. The smallest absolute Gasteiger partial charge is 0.396 e. The number of nitrogens with one attached hydrogen (secondary N) is 1. The van der Waals surface area contributed by atoms with Gasteiger partial charge in [0.05, 0.1) is 17.7 Å². The van der Waals surface area contributed by atoms with Crippen LogP contribution in [0.25, 0.3) is 0 Å². The molecule has 1 saturated carbocycles. The Morgan fingerprint density at radius 3 is 2.65 bits per heavy atom. The van der Waals surface area contributed by atoms with Crippen LogP contribution in [0.3, 0.4) is 0 Å². The Balaban J connectivity index is 2.10. The number of rotatable bonds is 4. The number of halogens is 3. The van der Waals surface area contributed by atoms with Crippen molar-refractivity contribution in [2.75, 3.05) is 13.2 Å². The summed E-state index contributed by atoms with van der Waals surface area (Å²) < 4.78 is 38.3. The van der Waals surface area contributed by atoms with Crippen LogP contribution in [-0.2, 0) is 6.18 Å². The van der Waals surface area contributed by atoms with Crippen LogP contribution in [0.4, 0.5) is 13.2 Å². The molecule has 1 amide bonds. The fraction of sp³-hybridized carbons (Fsp3) is 0.538. The van der Waals surface area contributed by atoms with Gasteiger partial charge in [0.2, 0.25) is 0 Å². The van der Waals surface area contributed by atoms with E-state index in [0.717, 1.165) is 31.5 Å². The molecule has 0 aromatic carbocycles. The lowest BCUT2D eigenvalue weighted by atomic mass is 9.69. The topological polar surface area (TPSA) is 62.2 Å². The Kier molecular flexibility index (Phi) is 3.99. The minimum atomic E-state index is -4.62. The summed E-state index contributed by atoms with van der Waals surface area (Å²) in [4.78, 5) is 15.3. The third kappa shape index (κ3) is 2.92. The van der Waals surface area contributed by atoms with Crippen LogP contribution in [0.5, 0.6) is 0 Å². The molecular weight excluding hydrogens is 273 g/mol. The highest BCUT2D eigenvalue weighted by molar-refractivity contribution is 5.95. The van der Waals surface area contributed by atoms with Crippen molar-refractivity contribution >= 4 is 5.91 Å². The SMILES string of the molecule is O=C(NCC1(CO)CCC1)c1ccncc1C(F)(F)F. The number of pyridine rings is 1. The van der Waals surface area contributed by atoms with Crippen LogP contribution < -0.4 is 5.32 Å². The molecule has 0 aliphatic heterocycles. The number of aliphatic hydroxyl groups is 1. The lowest BCUT2D eigenvalue weighted by Gasteiger charge is -2.40. The van der Waals surface area contributed by atoms with Gasteiger partial charge in [-0.3, -0.25) is 9.78 Å². The lowest BCUT2D eigenvalue weighted by molar-refractivity contribution is -0.138. The van der Waals surface area contributed by atoms with Gasteiger partial charge in [-0.25, -0.2) is 0 Å². The maximum absolute atomic E-state index is 12.8. The molecule has 20 heavy (non-hydrogen) atoms. The normalized spacial score (nSPS) is 17.4. The summed E-state index contributed by atoms with van der Waals surface area (Å²) in [5.41, 5.74) is -1.87. The minimum absolute atomic E-state index is 0.0737. The fourth-order valence-electron chi connectivity index (χ4n) is 2.25. The van der Waals surface area contributed by atoms with Gasteiger partial charge in [0.15, 0.2) is 0 Å². The highest BCUT2D eigenvalue weighted by Crippen LogP contribution is 2.39. The number of nitrogens with zero attached hydrogens (tertiary/aromatic N) is 1. The Labute approximate surface area is 114 Å². The summed E-state index contributed by atoms with van der Waals surface area (Å²) >= 11 is 0. The summed E-state index contributed by atoms with van der Waals surface area (Å²) in [6.45, 7) is 0.109. The van der Waals surface area contributed by atoms with Crippen LogP contribution in [0.15, 0.2) is 18.5 Å². The van der Waals surface area contributed by atoms with E-state index in [9.17, 15) is 23.1 Å². The Bertz CT molecular complexity index is 493. The maximum atomic E-state index is 12.8. The van der Waals surface area contributed by atoms with Gasteiger partial charge in [-0.05, 0) is 18.9 Å². The predicted octanol–water partition coefficient (Wildman–Crippen LogP) is 1.99. The van der Waals surface area contributed by atoms with Gasteiger partial charge in [0, 0.05) is 24.4 Å². The number of alkyl halides is 3. The van der Waals surface area contributed by atoms with Crippen molar-refractivity contribution < 1.29 is 23.1 Å². The van der Waals surface area contributed by atoms with Crippen molar-refractivity contribution in [2.24, 2.45) is 5.41 Å². The zero-order valence-electron chi connectivity index (χ0n) is 10.7. The fourth-order valence-corrected chi connectivity index (χ4v) is 2.25. The van der Waals surface area contributed by atoms with E-state index in [-0.39, 0.29) is 18.6 Å². The molecule has 110 valence electrons.